The maximum absolute atomic E-state index is 12.1. The summed E-state index contributed by atoms with van der Waals surface area (Å²) in [5.74, 6) is -0.335. The highest BCUT2D eigenvalue weighted by atomic mass is 79.9. The van der Waals surface area contributed by atoms with E-state index in [1.54, 1.807) is 23.2 Å². The quantitative estimate of drug-likeness (QED) is 0.527. The summed E-state index contributed by atoms with van der Waals surface area (Å²) in [6.45, 7) is 2.63. The van der Waals surface area contributed by atoms with Gasteiger partial charge in [-0.1, -0.05) is 57.9 Å². The van der Waals surface area contributed by atoms with Crippen LogP contribution in [0.1, 0.15) is 27.2 Å². The minimum atomic E-state index is -0.335. The molecule has 1 heterocycles. The average molecular weight is 397 g/mol. The molecule has 0 fully saturated rings. The summed E-state index contributed by atoms with van der Waals surface area (Å²) in [5, 5.41) is 8.26. The van der Waals surface area contributed by atoms with E-state index in [2.05, 4.69) is 31.6 Å². The number of aryl methyl sites for hydroxylation is 1. The van der Waals surface area contributed by atoms with Crippen LogP contribution in [0.5, 0.6) is 0 Å². The Morgan fingerprint density at radius 3 is 2.60 bits per heavy atom. The van der Waals surface area contributed by atoms with E-state index >= 15 is 0 Å². The number of hydrogen-bond acceptors (Lipinski definition) is 3. The third-order valence-electron chi connectivity index (χ3n) is 3.59. The number of aromatic nitrogens is 2. The molecular weight excluding hydrogens is 380 g/mol. The number of rotatable bonds is 5. The summed E-state index contributed by atoms with van der Waals surface area (Å²) in [6, 6.07) is 17.5. The van der Waals surface area contributed by atoms with Crippen molar-refractivity contribution in [3.8, 4) is 0 Å². The summed E-state index contributed by atoms with van der Waals surface area (Å²) in [6.07, 6.45) is 3.39. The van der Waals surface area contributed by atoms with E-state index in [-0.39, 0.29) is 5.91 Å². The highest BCUT2D eigenvalue weighted by Gasteiger charge is 2.08. The molecular formula is C19H17BrN4O. The van der Waals surface area contributed by atoms with E-state index in [1.807, 2.05) is 55.5 Å². The van der Waals surface area contributed by atoms with Gasteiger partial charge in [0.25, 0.3) is 5.91 Å². The fourth-order valence-corrected chi connectivity index (χ4v) is 2.49. The van der Waals surface area contributed by atoms with Crippen LogP contribution in [0.4, 0.5) is 0 Å². The van der Waals surface area contributed by atoms with E-state index in [1.165, 1.54) is 5.56 Å². The standard InChI is InChI=1S/C19H17BrN4O/c1-14-2-4-15(5-3-14)12-21-22-19(25)18-10-11-24(23-18)13-16-6-8-17(20)9-7-16/h2-12H,13H2,1H3,(H,22,25)/b21-12-. The molecule has 0 atom stereocenters. The van der Waals surface area contributed by atoms with Gasteiger partial charge in [-0.3, -0.25) is 9.48 Å². The van der Waals surface area contributed by atoms with Crippen LogP contribution in [0.25, 0.3) is 0 Å². The monoisotopic (exact) mass is 396 g/mol. The van der Waals surface area contributed by atoms with E-state index in [4.69, 9.17) is 0 Å². The maximum atomic E-state index is 12.1. The van der Waals surface area contributed by atoms with E-state index in [9.17, 15) is 4.79 Å². The zero-order valence-electron chi connectivity index (χ0n) is 13.7. The first kappa shape index (κ1) is 17.1. The van der Waals surface area contributed by atoms with E-state index in [0.29, 0.717) is 12.2 Å². The number of halogens is 1. The van der Waals surface area contributed by atoms with Crippen LogP contribution in [-0.2, 0) is 6.54 Å². The van der Waals surface area contributed by atoms with E-state index < -0.39 is 0 Å². The SMILES string of the molecule is Cc1ccc(/C=N\NC(=O)c2ccn(Cc3ccc(Br)cc3)n2)cc1. The van der Waals surface area contributed by atoms with Crippen molar-refractivity contribution in [1.29, 1.82) is 0 Å². The molecule has 0 saturated heterocycles. The molecule has 3 aromatic rings. The van der Waals surface area contributed by atoms with Crippen molar-refractivity contribution in [3.63, 3.8) is 0 Å². The molecule has 0 aliphatic rings. The maximum Gasteiger partial charge on any atom is 0.291 e. The molecule has 1 amide bonds. The Hall–Kier alpha value is -2.73. The Morgan fingerprint density at radius 1 is 1.16 bits per heavy atom. The van der Waals surface area contributed by atoms with Gasteiger partial charge in [-0.15, -0.1) is 0 Å². The van der Waals surface area contributed by atoms with Gasteiger partial charge in [0.1, 0.15) is 0 Å². The minimum Gasteiger partial charge on any atom is -0.268 e. The molecule has 0 unspecified atom stereocenters. The fourth-order valence-electron chi connectivity index (χ4n) is 2.22. The molecule has 3 rings (SSSR count). The second-order valence-corrected chi connectivity index (χ2v) is 6.55. The zero-order chi connectivity index (χ0) is 17.6. The Morgan fingerprint density at radius 2 is 1.88 bits per heavy atom. The van der Waals surface area contributed by atoms with Crippen molar-refractivity contribution < 1.29 is 4.79 Å². The van der Waals surface area contributed by atoms with Crippen molar-refractivity contribution in [2.75, 3.05) is 0 Å². The number of benzene rings is 2. The Kier molecular flexibility index (Phi) is 5.40. The lowest BCUT2D eigenvalue weighted by Crippen LogP contribution is -2.18. The molecule has 126 valence electrons. The number of hydrazone groups is 1. The van der Waals surface area contributed by atoms with Crippen molar-refractivity contribution in [2.24, 2.45) is 5.10 Å². The Labute approximate surface area is 154 Å². The van der Waals surface area contributed by atoms with Crippen molar-refractivity contribution >= 4 is 28.1 Å². The van der Waals surface area contributed by atoms with Crippen molar-refractivity contribution in [2.45, 2.75) is 13.5 Å². The van der Waals surface area contributed by atoms with Crippen LogP contribution in [0.2, 0.25) is 0 Å². The molecule has 1 aromatic heterocycles. The highest BCUT2D eigenvalue weighted by molar-refractivity contribution is 9.10. The zero-order valence-corrected chi connectivity index (χ0v) is 15.3. The van der Waals surface area contributed by atoms with Crippen LogP contribution in [-0.4, -0.2) is 21.9 Å². The van der Waals surface area contributed by atoms with Gasteiger partial charge in [-0.05, 0) is 36.2 Å². The molecule has 25 heavy (non-hydrogen) atoms. The molecule has 0 spiro atoms. The lowest BCUT2D eigenvalue weighted by Gasteiger charge is -2.02. The molecule has 6 heteroatoms. The summed E-state index contributed by atoms with van der Waals surface area (Å²) < 4.78 is 2.75. The third kappa shape index (κ3) is 4.87. The molecule has 0 radical (unpaired) electrons. The Bertz CT molecular complexity index is 883. The molecule has 1 N–H and O–H groups in total. The molecule has 5 nitrogen and oxygen atoms in total. The van der Waals surface area contributed by atoms with Gasteiger partial charge in [0.2, 0.25) is 0 Å². The van der Waals surface area contributed by atoms with Crippen LogP contribution >= 0.6 is 15.9 Å². The number of carbonyl (C=O) groups excluding carboxylic acids is 1. The fraction of sp³-hybridized carbons (Fsp3) is 0.105. The molecule has 0 aliphatic carbocycles. The lowest BCUT2D eigenvalue weighted by molar-refractivity contribution is 0.0949. The summed E-state index contributed by atoms with van der Waals surface area (Å²) >= 11 is 3.41. The average Bonchev–Trinajstić information content (AvgIpc) is 3.07. The lowest BCUT2D eigenvalue weighted by atomic mass is 10.2. The predicted octanol–water partition coefficient (Wildman–Crippen LogP) is 3.77. The number of nitrogens with one attached hydrogen (secondary N) is 1. The summed E-state index contributed by atoms with van der Waals surface area (Å²) in [7, 11) is 0. The minimum absolute atomic E-state index is 0.332. The molecule has 0 aliphatic heterocycles. The molecule has 0 bridgehead atoms. The van der Waals surface area contributed by atoms with Gasteiger partial charge < -0.3 is 0 Å². The van der Waals surface area contributed by atoms with Crippen molar-refractivity contribution in [1.82, 2.24) is 15.2 Å². The largest absolute Gasteiger partial charge is 0.291 e. The smallest absolute Gasteiger partial charge is 0.268 e. The topological polar surface area (TPSA) is 59.3 Å². The second-order valence-electron chi connectivity index (χ2n) is 5.63. The first-order chi connectivity index (χ1) is 12.1. The second kappa shape index (κ2) is 7.90. The van der Waals surface area contributed by atoms with Gasteiger partial charge in [-0.25, -0.2) is 5.43 Å². The predicted molar refractivity (Wildman–Crippen MR) is 102 cm³/mol. The first-order valence-corrected chi connectivity index (χ1v) is 8.57. The van der Waals surface area contributed by atoms with Gasteiger partial charge in [0.15, 0.2) is 5.69 Å². The number of carbonyl (C=O) groups is 1. The van der Waals surface area contributed by atoms with Crippen LogP contribution in [0, 0.1) is 6.92 Å². The third-order valence-corrected chi connectivity index (χ3v) is 4.12. The van der Waals surface area contributed by atoms with Gasteiger partial charge in [0, 0.05) is 10.7 Å². The van der Waals surface area contributed by atoms with E-state index in [0.717, 1.165) is 15.6 Å². The highest BCUT2D eigenvalue weighted by Crippen LogP contribution is 2.11. The van der Waals surface area contributed by atoms with Crippen LogP contribution in [0.15, 0.2) is 70.4 Å². The van der Waals surface area contributed by atoms with Gasteiger partial charge >= 0.3 is 0 Å². The van der Waals surface area contributed by atoms with Gasteiger partial charge in [0.05, 0.1) is 12.8 Å². The van der Waals surface area contributed by atoms with Gasteiger partial charge in [-0.2, -0.15) is 10.2 Å². The van der Waals surface area contributed by atoms with Crippen LogP contribution in [0.3, 0.4) is 0 Å². The number of hydrogen-bond donors (Lipinski definition) is 1. The number of amides is 1. The first-order valence-electron chi connectivity index (χ1n) is 7.78. The summed E-state index contributed by atoms with van der Waals surface area (Å²) in [5.41, 5.74) is 6.03. The molecule has 2 aromatic carbocycles. The number of nitrogens with zero attached hydrogens (tertiary/aromatic N) is 3. The Balaban J connectivity index is 1.58. The van der Waals surface area contributed by atoms with Crippen molar-refractivity contribution in [3.05, 3.63) is 87.7 Å². The summed E-state index contributed by atoms with van der Waals surface area (Å²) in [4.78, 5) is 12.1. The van der Waals surface area contributed by atoms with Crippen LogP contribution < -0.4 is 5.43 Å². The molecule has 0 saturated carbocycles. The normalized spacial score (nSPS) is 11.0.